The summed E-state index contributed by atoms with van der Waals surface area (Å²) in [5.74, 6) is -0.610. The molecule has 27 heavy (non-hydrogen) atoms. The lowest BCUT2D eigenvalue weighted by Gasteiger charge is -2.09. The quantitative estimate of drug-likeness (QED) is 0.426. The number of aromatic nitrogens is 2. The van der Waals surface area contributed by atoms with Crippen LogP contribution < -0.4 is 10.9 Å². The Morgan fingerprint density at radius 2 is 2.04 bits per heavy atom. The fraction of sp³-hybridized carbons (Fsp3) is 0.222. The number of thiophene rings is 1. The van der Waals surface area contributed by atoms with Gasteiger partial charge in [-0.15, -0.1) is 11.3 Å². The number of esters is 1. The summed E-state index contributed by atoms with van der Waals surface area (Å²) in [6.45, 7) is 4.80. The van der Waals surface area contributed by atoms with Gasteiger partial charge in [0.05, 0.1) is 5.39 Å². The standard InChI is InChI=1S/C18H16IN3O4S/c1-8-6-11(19)4-5-12(8)22-13(23)7-26-18(25)15-9(2)14-16(24)20-10(3)21-17(14)27-15/h4-6H,7H2,1-3H3,(H,22,23)(H,20,21,24). The van der Waals surface area contributed by atoms with Gasteiger partial charge in [0.2, 0.25) is 0 Å². The summed E-state index contributed by atoms with van der Waals surface area (Å²) in [5, 5.41) is 3.09. The predicted molar refractivity (Wildman–Crippen MR) is 113 cm³/mol. The molecule has 2 heterocycles. The van der Waals surface area contributed by atoms with Gasteiger partial charge in [0.25, 0.3) is 11.5 Å². The molecule has 0 aliphatic heterocycles. The third-order valence-electron chi connectivity index (χ3n) is 3.90. The van der Waals surface area contributed by atoms with Crippen LogP contribution in [0.1, 0.15) is 26.6 Å². The number of carbonyl (C=O) groups is 2. The van der Waals surface area contributed by atoms with Crippen molar-refractivity contribution in [1.82, 2.24) is 9.97 Å². The van der Waals surface area contributed by atoms with Gasteiger partial charge >= 0.3 is 5.97 Å². The zero-order chi connectivity index (χ0) is 19.7. The van der Waals surface area contributed by atoms with E-state index >= 15 is 0 Å². The van der Waals surface area contributed by atoms with E-state index in [1.54, 1.807) is 19.9 Å². The minimum atomic E-state index is -0.651. The van der Waals surface area contributed by atoms with Gasteiger partial charge in [0.1, 0.15) is 15.5 Å². The molecule has 2 aromatic heterocycles. The van der Waals surface area contributed by atoms with Crippen molar-refractivity contribution in [1.29, 1.82) is 0 Å². The first-order valence-corrected chi connectivity index (χ1v) is 9.89. The molecule has 1 aromatic carbocycles. The van der Waals surface area contributed by atoms with Gasteiger partial charge in [-0.3, -0.25) is 9.59 Å². The average Bonchev–Trinajstić information content (AvgIpc) is 2.92. The molecular weight excluding hydrogens is 481 g/mol. The van der Waals surface area contributed by atoms with E-state index < -0.39 is 18.5 Å². The van der Waals surface area contributed by atoms with Crippen LogP contribution in [-0.2, 0) is 9.53 Å². The van der Waals surface area contributed by atoms with Crippen molar-refractivity contribution in [3.8, 4) is 0 Å². The van der Waals surface area contributed by atoms with Gasteiger partial charge in [0.15, 0.2) is 6.61 Å². The molecular formula is C18H16IN3O4S. The molecule has 0 atom stereocenters. The Morgan fingerprint density at radius 3 is 2.74 bits per heavy atom. The molecule has 0 aliphatic rings. The highest BCUT2D eigenvalue weighted by molar-refractivity contribution is 14.1. The van der Waals surface area contributed by atoms with Crippen molar-refractivity contribution < 1.29 is 14.3 Å². The second kappa shape index (κ2) is 7.77. The Labute approximate surface area is 172 Å². The van der Waals surface area contributed by atoms with Crippen molar-refractivity contribution in [2.45, 2.75) is 20.8 Å². The SMILES string of the molecule is Cc1nc2sc(C(=O)OCC(=O)Nc3ccc(I)cc3C)c(C)c2c(=O)[nH]1. The predicted octanol–water partition coefficient (Wildman–Crippen LogP) is 3.31. The van der Waals surface area contributed by atoms with Crippen molar-refractivity contribution in [2.24, 2.45) is 0 Å². The number of benzene rings is 1. The van der Waals surface area contributed by atoms with E-state index in [0.29, 0.717) is 27.3 Å². The van der Waals surface area contributed by atoms with E-state index in [1.807, 2.05) is 19.1 Å². The largest absolute Gasteiger partial charge is 0.451 e. The molecule has 0 spiro atoms. The van der Waals surface area contributed by atoms with Gasteiger partial charge in [-0.25, -0.2) is 9.78 Å². The van der Waals surface area contributed by atoms with Crippen LogP contribution in [0.4, 0.5) is 5.69 Å². The van der Waals surface area contributed by atoms with Gasteiger partial charge in [-0.1, -0.05) is 0 Å². The van der Waals surface area contributed by atoms with E-state index in [4.69, 9.17) is 4.74 Å². The van der Waals surface area contributed by atoms with E-state index in [9.17, 15) is 14.4 Å². The maximum atomic E-state index is 12.4. The Balaban J connectivity index is 1.71. The normalized spacial score (nSPS) is 10.8. The van der Waals surface area contributed by atoms with Crippen molar-refractivity contribution >= 4 is 61.7 Å². The average molecular weight is 497 g/mol. The highest BCUT2D eigenvalue weighted by Crippen LogP contribution is 2.27. The third kappa shape index (κ3) is 4.19. The van der Waals surface area contributed by atoms with Crippen LogP contribution in [0.5, 0.6) is 0 Å². The summed E-state index contributed by atoms with van der Waals surface area (Å²) in [6, 6.07) is 5.62. The fourth-order valence-electron chi connectivity index (χ4n) is 2.60. The van der Waals surface area contributed by atoms with Crippen LogP contribution in [0.15, 0.2) is 23.0 Å². The number of hydrogen-bond donors (Lipinski definition) is 2. The highest BCUT2D eigenvalue weighted by Gasteiger charge is 2.21. The number of amides is 1. The first-order valence-electron chi connectivity index (χ1n) is 7.99. The number of aromatic amines is 1. The number of ether oxygens (including phenoxy) is 1. The molecule has 3 aromatic rings. The monoisotopic (exact) mass is 497 g/mol. The molecule has 7 nitrogen and oxygen atoms in total. The number of hydrogen-bond acceptors (Lipinski definition) is 6. The minimum Gasteiger partial charge on any atom is -0.451 e. The molecule has 9 heteroatoms. The molecule has 2 N–H and O–H groups in total. The molecule has 0 fully saturated rings. The molecule has 3 rings (SSSR count). The lowest BCUT2D eigenvalue weighted by Crippen LogP contribution is -2.21. The number of carbonyl (C=O) groups excluding carboxylic acids is 2. The number of aryl methyl sites for hydroxylation is 3. The zero-order valence-electron chi connectivity index (χ0n) is 14.8. The Hall–Kier alpha value is -2.27. The maximum absolute atomic E-state index is 12.4. The number of nitrogens with zero attached hydrogens (tertiary/aromatic N) is 1. The van der Waals surface area contributed by atoms with Crippen LogP contribution in [0.25, 0.3) is 10.2 Å². The summed E-state index contributed by atoms with van der Waals surface area (Å²) in [5.41, 5.74) is 1.79. The summed E-state index contributed by atoms with van der Waals surface area (Å²) in [6.07, 6.45) is 0. The van der Waals surface area contributed by atoms with Crippen LogP contribution in [0.3, 0.4) is 0 Å². The van der Waals surface area contributed by atoms with E-state index in [0.717, 1.165) is 20.5 Å². The number of anilines is 1. The highest BCUT2D eigenvalue weighted by atomic mass is 127. The van der Waals surface area contributed by atoms with Gasteiger partial charge in [0, 0.05) is 9.26 Å². The summed E-state index contributed by atoms with van der Waals surface area (Å²) in [7, 11) is 0. The van der Waals surface area contributed by atoms with Crippen molar-refractivity contribution in [3.63, 3.8) is 0 Å². The Kier molecular flexibility index (Phi) is 5.61. The van der Waals surface area contributed by atoms with Crippen LogP contribution >= 0.6 is 33.9 Å². The molecule has 0 unspecified atom stereocenters. The van der Waals surface area contributed by atoms with Gasteiger partial charge < -0.3 is 15.0 Å². The summed E-state index contributed by atoms with van der Waals surface area (Å²) in [4.78, 5) is 44.1. The first kappa shape index (κ1) is 19.5. The first-order chi connectivity index (χ1) is 12.8. The third-order valence-corrected chi connectivity index (χ3v) is 5.74. The second-order valence-corrected chi connectivity index (χ2v) is 8.22. The molecule has 0 radical (unpaired) electrons. The lowest BCUT2D eigenvalue weighted by molar-refractivity contribution is -0.119. The van der Waals surface area contributed by atoms with Crippen molar-refractivity contribution in [2.75, 3.05) is 11.9 Å². The zero-order valence-corrected chi connectivity index (χ0v) is 17.8. The lowest BCUT2D eigenvalue weighted by atomic mass is 10.2. The molecule has 0 bridgehead atoms. The molecule has 0 aliphatic carbocycles. The smallest absolute Gasteiger partial charge is 0.349 e. The van der Waals surface area contributed by atoms with E-state index in [1.165, 1.54) is 0 Å². The van der Waals surface area contributed by atoms with Gasteiger partial charge in [-0.2, -0.15) is 0 Å². The second-order valence-electron chi connectivity index (χ2n) is 5.97. The van der Waals surface area contributed by atoms with E-state index in [-0.39, 0.29) is 10.4 Å². The Bertz CT molecular complexity index is 1120. The number of fused-ring (bicyclic) bond motifs is 1. The number of rotatable bonds is 4. The molecule has 1 amide bonds. The van der Waals surface area contributed by atoms with Crippen LogP contribution in [0, 0.1) is 24.3 Å². The fourth-order valence-corrected chi connectivity index (χ4v) is 4.36. The topological polar surface area (TPSA) is 101 Å². The Morgan fingerprint density at radius 1 is 1.30 bits per heavy atom. The number of nitrogens with one attached hydrogen (secondary N) is 2. The van der Waals surface area contributed by atoms with Crippen LogP contribution in [-0.4, -0.2) is 28.5 Å². The summed E-state index contributed by atoms with van der Waals surface area (Å²) >= 11 is 3.27. The minimum absolute atomic E-state index is 0.270. The molecule has 140 valence electrons. The van der Waals surface area contributed by atoms with Crippen LogP contribution in [0.2, 0.25) is 0 Å². The summed E-state index contributed by atoms with van der Waals surface area (Å²) < 4.78 is 6.19. The molecule has 0 saturated carbocycles. The van der Waals surface area contributed by atoms with Crippen molar-refractivity contribution in [3.05, 3.63) is 54.0 Å². The molecule has 0 saturated heterocycles. The van der Waals surface area contributed by atoms with Gasteiger partial charge in [-0.05, 0) is 72.7 Å². The number of H-pyrrole nitrogens is 1. The number of halogens is 1. The maximum Gasteiger partial charge on any atom is 0.349 e. The van der Waals surface area contributed by atoms with E-state index in [2.05, 4.69) is 37.9 Å².